The fourth-order valence-corrected chi connectivity index (χ4v) is 3.92. The molecule has 0 spiro atoms. The van der Waals surface area contributed by atoms with E-state index in [-0.39, 0.29) is 24.7 Å². The topological polar surface area (TPSA) is 110 Å². The van der Waals surface area contributed by atoms with E-state index in [2.05, 4.69) is 28.2 Å². The summed E-state index contributed by atoms with van der Waals surface area (Å²) in [4.78, 5) is 8.24. The quantitative estimate of drug-likeness (QED) is 0.109. The number of nitrogens with one attached hydrogen (secondary N) is 1. The van der Waals surface area contributed by atoms with E-state index in [4.69, 9.17) is 14.2 Å². The first kappa shape index (κ1) is 31.0. The second-order valence-electron chi connectivity index (χ2n) is 9.54. The molecule has 0 aliphatic rings. The van der Waals surface area contributed by atoms with Crippen LogP contribution in [0.1, 0.15) is 48.2 Å². The number of anilines is 1. The van der Waals surface area contributed by atoms with Crippen LogP contribution in [0.5, 0.6) is 11.5 Å². The second-order valence-corrected chi connectivity index (χ2v) is 10.3. The Balaban J connectivity index is 1.82. The summed E-state index contributed by atoms with van der Waals surface area (Å²) in [6, 6.07) is 12.9. The second kappa shape index (κ2) is 12.7. The molecule has 0 bridgehead atoms. The Bertz CT molecular complexity index is 1340. The van der Waals surface area contributed by atoms with Crippen LogP contribution in [-0.2, 0) is 22.9 Å². The van der Waals surface area contributed by atoms with Crippen LogP contribution >= 0.6 is 12.8 Å². The Morgan fingerprint density at radius 1 is 1.07 bits per heavy atom. The molecule has 3 aromatic rings. The highest BCUT2D eigenvalue weighted by atomic mass is 32.1. The maximum absolute atomic E-state index is 14.0. The van der Waals surface area contributed by atoms with Gasteiger partial charge in [0.15, 0.2) is 0 Å². The molecule has 1 aromatic heterocycles. The molecule has 0 amide bonds. The molecule has 0 aliphatic heterocycles. The number of benzene rings is 2. The highest BCUT2D eigenvalue weighted by Crippen LogP contribution is 2.43. The van der Waals surface area contributed by atoms with Gasteiger partial charge in [-0.2, -0.15) is 29.1 Å². The van der Waals surface area contributed by atoms with Gasteiger partial charge >= 0.3 is 6.18 Å². The number of hydrogen-bond acceptors (Lipinski definition) is 9. The van der Waals surface area contributed by atoms with Crippen molar-refractivity contribution in [2.24, 2.45) is 0 Å². The monoisotopic (exact) mass is 578 g/mol. The molecule has 0 saturated heterocycles. The Morgan fingerprint density at radius 2 is 1.77 bits per heavy atom. The van der Waals surface area contributed by atoms with Crippen LogP contribution in [0.2, 0.25) is 0 Å². The zero-order valence-electron chi connectivity index (χ0n) is 22.5. The van der Waals surface area contributed by atoms with Gasteiger partial charge in [0.25, 0.3) is 5.95 Å². The number of quaternary nitrogens is 1. The molecule has 3 rings (SSSR count). The number of nitrogens with zero attached hydrogens (tertiary/aromatic N) is 4. The van der Waals surface area contributed by atoms with Gasteiger partial charge in [-0.25, -0.2) is 9.97 Å². The molecule has 0 fully saturated rings. The summed E-state index contributed by atoms with van der Waals surface area (Å²) in [6.45, 7) is 3.97. The number of ether oxygens (including phenoxy) is 3. The number of hydroxylamine groups is 1. The largest absolute Gasteiger partial charge is 0.491 e. The van der Waals surface area contributed by atoms with Gasteiger partial charge in [0.05, 0.1) is 23.4 Å². The van der Waals surface area contributed by atoms with Crippen molar-refractivity contribution in [2.75, 3.05) is 32.8 Å². The molecule has 9 nitrogen and oxygen atoms in total. The minimum absolute atomic E-state index is 0.0160. The Morgan fingerprint density at radius 3 is 2.38 bits per heavy atom. The van der Waals surface area contributed by atoms with Crippen molar-refractivity contribution in [3.05, 3.63) is 76.6 Å². The molecular weight excluding hydrogens is 547 g/mol. The summed E-state index contributed by atoms with van der Waals surface area (Å²) in [5.41, 5.74) is 2.08. The van der Waals surface area contributed by atoms with Crippen LogP contribution in [0.25, 0.3) is 0 Å². The predicted octanol–water partition coefficient (Wildman–Crippen LogP) is 5.69. The summed E-state index contributed by atoms with van der Waals surface area (Å²) in [7, 11) is 2.86. The van der Waals surface area contributed by atoms with E-state index in [1.165, 1.54) is 26.4 Å². The van der Waals surface area contributed by atoms with Crippen LogP contribution in [0.4, 0.5) is 19.1 Å². The van der Waals surface area contributed by atoms with Gasteiger partial charge in [-0.1, -0.05) is 26.0 Å². The summed E-state index contributed by atoms with van der Waals surface area (Å²) in [5, 5.41) is 19.4. The third kappa shape index (κ3) is 8.22. The lowest BCUT2D eigenvalue weighted by Crippen LogP contribution is -2.36. The standard InChI is InChI=1S/C27H31F3N5O4S/c1-26(2,20-14-18(16-31)24(38-13-5-12-37-4)23(15-20)27(28,29)30)19-6-8-22(9-7-19)39-17-21-10-11-32-25(33-21)34-35(3,36)40/h6-11,14-15,36,40H,5,12-13,17H2,1-4H3,(H,32,33,34)/q+1. The van der Waals surface area contributed by atoms with Gasteiger partial charge in [0.1, 0.15) is 44.0 Å². The first-order chi connectivity index (χ1) is 18.7. The molecule has 1 heterocycles. The van der Waals surface area contributed by atoms with Gasteiger partial charge in [-0.05, 0) is 45.6 Å². The van der Waals surface area contributed by atoms with E-state index < -0.39 is 27.1 Å². The van der Waals surface area contributed by atoms with Gasteiger partial charge in [-0.3, -0.25) is 0 Å². The van der Waals surface area contributed by atoms with Gasteiger partial charge in [0, 0.05) is 31.7 Å². The van der Waals surface area contributed by atoms with Crippen LogP contribution in [0.15, 0.2) is 48.7 Å². The van der Waals surface area contributed by atoms with Crippen LogP contribution in [0.3, 0.4) is 0 Å². The molecule has 40 heavy (non-hydrogen) atoms. The summed E-state index contributed by atoms with van der Waals surface area (Å²) < 4.78 is 57.4. The summed E-state index contributed by atoms with van der Waals surface area (Å²) in [5.74, 6) is 0.187. The maximum atomic E-state index is 14.0. The zero-order valence-corrected chi connectivity index (χ0v) is 23.4. The van der Waals surface area contributed by atoms with E-state index in [0.717, 1.165) is 6.07 Å². The summed E-state index contributed by atoms with van der Waals surface area (Å²) in [6.07, 6.45) is -2.83. The number of rotatable bonds is 12. The Kier molecular flexibility index (Phi) is 9.86. The normalized spacial score (nSPS) is 13.3. The zero-order chi connectivity index (χ0) is 29.6. The Hall–Kier alpha value is -3.57. The van der Waals surface area contributed by atoms with E-state index in [1.54, 1.807) is 44.2 Å². The first-order valence-electron chi connectivity index (χ1n) is 12.2. The molecular formula is C27H31F3N5O4S+. The molecule has 1 atom stereocenters. The summed E-state index contributed by atoms with van der Waals surface area (Å²) >= 11 is 3.91. The number of halogens is 3. The fourth-order valence-electron chi connectivity index (χ4n) is 3.83. The number of nitriles is 1. The lowest BCUT2D eigenvalue weighted by molar-refractivity contribution is -0.955. The first-order valence-corrected chi connectivity index (χ1v) is 12.6. The maximum Gasteiger partial charge on any atom is 0.420 e. The van der Waals surface area contributed by atoms with E-state index in [0.29, 0.717) is 35.6 Å². The number of aromatic nitrogens is 2. The van der Waals surface area contributed by atoms with Crippen molar-refractivity contribution >= 4 is 18.8 Å². The molecule has 1 unspecified atom stereocenters. The SMILES string of the molecule is COCCCOc1c(C#N)cc(C(C)(C)c2ccc(OCc3ccnc(N[N+](C)(O)S)n3)cc2)cc1C(F)(F)F. The van der Waals surface area contributed by atoms with Crippen molar-refractivity contribution < 1.29 is 36.7 Å². The molecule has 2 aromatic carbocycles. The number of thiol groups is 1. The van der Waals surface area contributed by atoms with E-state index in [9.17, 15) is 23.6 Å². The minimum Gasteiger partial charge on any atom is -0.491 e. The Labute approximate surface area is 236 Å². The highest BCUT2D eigenvalue weighted by molar-refractivity contribution is 7.74. The van der Waals surface area contributed by atoms with Crippen molar-refractivity contribution in [2.45, 2.75) is 38.5 Å². The van der Waals surface area contributed by atoms with E-state index in [1.807, 2.05) is 6.07 Å². The molecule has 214 valence electrons. The fraction of sp³-hybridized carbons (Fsp3) is 0.370. The highest BCUT2D eigenvalue weighted by Gasteiger charge is 2.38. The van der Waals surface area contributed by atoms with Gasteiger partial charge in [0.2, 0.25) is 0 Å². The van der Waals surface area contributed by atoms with Crippen LogP contribution < -0.4 is 14.9 Å². The van der Waals surface area contributed by atoms with E-state index >= 15 is 0 Å². The van der Waals surface area contributed by atoms with Crippen molar-refractivity contribution in [3.8, 4) is 17.6 Å². The predicted molar refractivity (Wildman–Crippen MR) is 144 cm³/mol. The lowest BCUT2D eigenvalue weighted by atomic mass is 9.77. The van der Waals surface area contributed by atoms with Gasteiger partial charge in [-0.15, -0.1) is 0 Å². The van der Waals surface area contributed by atoms with Crippen molar-refractivity contribution in [3.63, 3.8) is 0 Å². The number of methoxy groups -OCH3 is 1. The van der Waals surface area contributed by atoms with Gasteiger partial charge < -0.3 is 14.2 Å². The third-order valence-electron chi connectivity index (χ3n) is 5.96. The number of hydrogen-bond donors (Lipinski definition) is 3. The van der Waals surface area contributed by atoms with Crippen molar-refractivity contribution in [1.82, 2.24) is 9.97 Å². The van der Waals surface area contributed by atoms with Crippen molar-refractivity contribution in [1.29, 1.82) is 5.26 Å². The number of alkyl halides is 3. The smallest absolute Gasteiger partial charge is 0.420 e. The van der Waals surface area contributed by atoms with Crippen LogP contribution in [-0.4, -0.2) is 46.7 Å². The average Bonchev–Trinajstić information content (AvgIpc) is 2.88. The lowest BCUT2D eigenvalue weighted by Gasteiger charge is -2.28. The molecule has 0 aliphatic carbocycles. The third-order valence-corrected chi connectivity index (χ3v) is 6.06. The molecule has 2 N–H and O–H groups in total. The van der Waals surface area contributed by atoms with Crippen LogP contribution in [0, 0.1) is 11.3 Å². The molecule has 0 saturated carbocycles. The molecule has 0 radical (unpaired) electrons. The minimum atomic E-state index is -4.72. The average molecular weight is 579 g/mol. The molecule has 13 heteroatoms.